The van der Waals surface area contributed by atoms with Crippen molar-refractivity contribution in [2.75, 3.05) is 16.8 Å². The van der Waals surface area contributed by atoms with Gasteiger partial charge in [0.15, 0.2) is 0 Å². The van der Waals surface area contributed by atoms with Crippen LogP contribution in [0.4, 0.5) is 11.4 Å². The van der Waals surface area contributed by atoms with Crippen molar-refractivity contribution in [2.24, 2.45) is 0 Å². The topological polar surface area (TPSA) is 49.4 Å². The van der Waals surface area contributed by atoms with Gasteiger partial charge in [0.2, 0.25) is 5.91 Å². The largest absolute Gasteiger partial charge is 0.326 e. The highest BCUT2D eigenvalue weighted by Gasteiger charge is 2.22. The third-order valence-electron chi connectivity index (χ3n) is 4.61. The number of aryl methyl sites for hydroxylation is 1. The zero-order chi connectivity index (χ0) is 16.5. The van der Waals surface area contributed by atoms with Crippen molar-refractivity contribution in [3.05, 3.63) is 65.7 Å². The predicted octanol–water partition coefficient (Wildman–Crippen LogP) is 3.39. The Hall–Kier alpha value is -2.88. The normalized spacial score (nSPS) is 17.2. The van der Waals surface area contributed by atoms with Gasteiger partial charge in [-0.2, -0.15) is 0 Å². The fourth-order valence-electron chi connectivity index (χ4n) is 3.32. The van der Waals surface area contributed by atoms with Crippen molar-refractivity contribution >= 4 is 28.8 Å². The van der Waals surface area contributed by atoms with Crippen LogP contribution in [0.3, 0.4) is 0 Å². The summed E-state index contributed by atoms with van der Waals surface area (Å²) in [7, 11) is 0. The summed E-state index contributed by atoms with van der Waals surface area (Å²) in [6.45, 7) is 0.671. The lowest BCUT2D eigenvalue weighted by atomic mass is 9.98. The maximum absolute atomic E-state index is 12.6. The molecule has 1 N–H and O–H groups in total. The Morgan fingerprint density at radius 1 is 0.917 bits per heavy atom. The Bertz CT molecular complexity index is 840. The van der Waals surface area contributed by atoms with Gasteiger partial charge in [-0.05, 0) is 47.7 Å². The Kier molecular flexibility index (Phi) is 3.65. The average Bonchev–Trinajstić information content (AvgIpc) is 2.62. The standard InChI is InChI=1S/C20H18N2O2/c23-19-9-6-16-12-17(7-8-18(16)21-19)22-11-10-15(13-20(22)24)14-4-2-1-3-5-14/h1-5,7-8,12-13H,6,9-11H2,(H,21,23). The number of hydrogen-bond donors (Lipinski definition) is 1. The molecule has 2 aliphatic rings. The maximum Gasteiger partial charge on any atom is 0.251 e. The minimum Gasteiger partial charge on any atom is -0.326 e. The molecular weight excluding hydrogens is 300 g/mol. The van der Waals surface area contributed by atoms with E-state index in [-0.39, 0.29) is 11.8 Å². The van der Waals surface area contributed by atoms with Gasteiger partial charge in [0.1, 0.15) is 0 Å². The predicted molar refractivity (Wildman–Crippen MR) is 94.8 cm³/mol. The zero-order valence-electron chi connectivity index (χ0n) is 13.3. The van der Waals surface area contributed by atoms with E-state index in [2.05, 4.69) is 5.32 Å². The Balaban J connectivity index is 1.59. The monoisotopic (exact) mass is 318 g/mol. The van der Waals surface area contributed by atoms with Crippen molar-refractivity contribution in [1.82, 2.24) is 0 Å². The van der Waals surface area contributed by atoms with Crippen LogP contribution < -0.4 is 10.2 Å². The summed E-state index contributed by atoms with van der Waals surface area (Å²) < 4.78 is 0. The van der Waals surface area contributed by atoms with Gasteiger partial charge >= 0.3 is 0 Å². The smallest absolute Gasteiger partial charge is 0.251 e. The first kappa shape index (κ1) is 14.7. The summed E-state index contributed by atoms with van der Waals surface area (Å²) in [4.78, 5) is 25.8. The lowest BCUT2D eigenvalue weighted by Gasteiger charge is -2.28. The molecule has 4 heteroatoms. The summed E-state index contributed by atoms with van der Waals surface area (Å²) >= 11 is 0. The van der Waals surface area contributed by atoms with Crippen LogP contribution in [-0.2, 0) is 16.0 Å². The van der Waals surface area contributed by atoms with E-state index in [0.29, 0.717) is 13.0 Å². The van der Waals surface area contributed by atoms with Gasteiger partial charge in [0.05, 0.1) is 0 Å². The molecule has 0 aliphatic carbocycles. The fourth-order valence-corrected chi connectivity index (χ4v) is 3.32. The highest BCUT2D eigenvalue weighted by Crippen LogP contribution is 2.30. The van der Waals surface area contributed by atoms with Crippen LogP contribution >= 0.6 is 0 Å². The number of rotatable bonds is 2. The molecule has 24 heavy (non-hydrogen) atoms. The highest BCUT2D eigenvalue weighted by atomic mass is 16.2. The minimum absolute atomic E-state index is 0.0138. The van der Waals surface area contributed by atoms with Crippen LogP contribution in [0.1, 0.15) is 24.0 Å². The number of hydrogen-bond acceptors (Lipinski definition) is 2. The van der Waals surface area contributed by atoms with Gasteiger partial charge in [-0.1, -0.05) is 30.3 Å². The molecule has 2 aromatic carbocycles. The van der Waals surface area contributed by atoms with Gasteiger partial charge in [0.25, 0.3) is 5.91 Å². The van der Waals surface area contributed by atoms with Gasteiger partial charge in [-0.3, -0.25) is 9.59 Å². The van der Waals surface area contributed by atoms with Crippen LogP contribution in [0, 0.1) is 0 Å². The van der Waals surface area contributed by atoms with E-state index >= 15 is 0 Å². The van der Waals surface area contributed by atoms with E-state index in [1.807, 2.05) is 53.4 Å². The molecule has 4 rings (SSSR count). The number of benzene rings is 2. The molecule has 0 atom stereocenters. The first-order chi connectivity index (χ1) is 11.7. The molecule has 0 aromatic heterocycles. The van der Waals surface area contributed by atoms with Crippen LogP contribution in [0.25, 0.3) is 5.57 Å². The number of nitrogens with one attached hydrogen (secondary N) is 1. The molecule has 4 nitrogen and oxygen atoms in total. The fraction of sp³-hybridized carbons (Fsp3) is 0.200. The van der Waals surface area contributed by atoms with Crippen LogP contribution in [-0.4, -0.2) is 18.4 Å². The maximum atomic E-state index is 12.6. The Morgan fingerprint density at radius 3 is 2.54 bits per heavy atom. The van der Waals surface area contributed by atoms with Crippen molar-refractivity contribution < 1.29 is 9.59 Å². The van der Waals surface area contributed by atoms with Gasteiger partial charge in [0, 0.05) is 30.4 Å². The third-order valence-corrected chi connectivity index (χ3v) is 4.61. The van der Waals surface area contributed by atoms with Crippen molar-refractivity contribution in [3.8, 4) is 0 Å². The Labute approximate surface area is 140 Å². The summed E-state index contributed by atoms with van der Waals surface area (Å²) in [6, 6.07) is 15.9. The number of anilines is 2. The van der Waals surface area contributed by atoms with E-state index in [1.54, 1.807) is 6.08 Å². The first-order valence-corrected chi connectivity index (χ1v) is 8.21. The number of fused-ring (bicyclic) bond motifs is 1. The number of carbonyl (C=O) groups excluding carboxylic acids is 2. The number of nitrogens with zero attached hydrogens (tertiary/aromatic N) is 1. The molecule has 2 amide bonds. The molecular formula is C20H18N2O2. The second kappa shape index (κ2) is 5.96. The minimum atomic E-state index is 0.0138. The van der Waals surface area contributed by atoms with E-state index in [1.165, 1.54) is 0 Å². The van der Waals surface area contributed by atoms with E-state index in [0.717, 1.165) is 40.9 Å². The van der Waals surface area contributed by atoms with Crippen molar-refractivity contribution in [3.63, 3.8) is 0 Å². The first-order valence-electron chi connectivity index (χ1n) is 8.21. The summed E-state index contributed by atoms with van der Waals surface area (Å²) in [5, 5.41) is 2.88. The molecule has 0 spiro atoms. The SMILES string of the molecule is O=C1CCc2cc(N3CCC(c4ccccc4)=CC3=O)ccc2N1. The summed E-state index contributed by atoms with van der Waals surface area (Å²) in [5.41, 5.74) is 5.05. The average molecular weight is 318 g/mol. The quantitative estimate of drug-likeness (QED) is 0.922. The van der Waals surface area contributed by atoms with Crippen LogP contribution in [0.2, 0.25) is 0 Å². The molecule has 0 saturated heterocycles. The molecule has 0 fully saturated rings. The second-order valence-electron chi connectivity index (χ2n) is 6.17. The van der Waals surface area contributed by atoms with Crippen molar-refractivity contribution in [1.29, 1.82) is 0 Å². The third kappa shape index (κ3) is 2.71. The van der Waals surface area contributed by atoms with Gasteiger partial charge in [-0.25, -0.2) is 0 Å². The summed E-state index contributed by atoms with van der Waals surface area (Å²) in [6.07, 6.45) is 3.80. The lowest BCUT2D eigenvalue weighted by molar-refractivity contribution is -0.116. The van der Waals surface area contributed by atoms with Crippen molar-refractivity contribution in [2.45, 2.75) is 19.3 Å². The number of amides is 2. The zero-order valence-corrected chi connectivity index (χ0v) is 13.3. The molecule has 0 bridgehead atoms. The van der Waals surface area contributed by atoms with Gasteiger partial charge < -0.3 is 10.2 Å². The van der Waals surface area contributed by atoms with E-state index in [4.69, 9.17) is 0 Å². The molecule has 0 unspecified atom stereocenters. The molecule has 0 saturated carbocycles. The molecule has 120 valence electrons. The molecule has 2 heterocycles. The van der Waals surface area contributed by atoms with E-state index in [9.17, 15) is 9.59 Å². The summed E-state index contributed by atoms with van der Waals surface area (Å²) in [5.74, 6) is 0.0691. The van der Waals surface area contributed by atoms with Crippen LogP contribution in [0.15, 0.2) is 54.6 Å². The molecule has 0 radical (unpaired) electrons. The van der Waals surface area contributed by atoms with Gasteiger partial charge in [-0.15, -0.1) is 0 Å². The van der Waals surface area contributed by atoms with E-state index < -0.39 is 0 Å². The molecule has 2 aromatic rings. The van der Waals surface area contributed by atoms with Crippen LogP contribution in [0.5, 0.6) is 0 Å². The second-order valence-corrected chi connectivity index (χ2v) is 6.17. The number of carbonyl (C=O) groups is 2. The lowest BCUT2D eigenvalue weighted by Crippen LogP contribution is -2.34. The Morgan fingerprint density at radius 2 is 1.75 bits per heavy atom. The highest BCUT2D eigenvalue weighted by molar-refractivity contribution is 6.07. The molecule has 2 aliphatic heterocycles.